The molecular weight excluding hydrogens is 270 g/mol. The molecule has 0 saturated heterocycles. The Bertz CT molecular complexity index is 412. The van der Waals surface area contributed by atoms with Crippen LogP contribution in [0, 0.1) is 11.8 Å². The van der Waals surface area contributed by atoms with Crippen LogP contribution in [0.15, 0.2) is 0 Å². The van der Waals surface area contributed by atoms with Gasteiger partial charge in [-0.1, -0.05) is 0 Å². The van der Waals surface area contributed by atoms with E-state index >= 15 is 0 Å². The van der Waals surface area contributed by atoms with Gasteiger partial charge >= 0.3 is 6.09 Å². The lowest BCUT2D eigenvalue weighted by Gasteiger charge is -2.36. The molecule has 1 rings (SSSR count). The largest absolute Gasteiger partial charge is 0.444 e. The molecule has 6 nitrogen and oxygen atoms in total. The normalized spacial score (nSPS) is 23.6. The van der Waals surface area contributed by atoms with Crippen LogP contribution in [-0.2, 0) is 19.0 Å². The lowest BCUT2D eigenvalue weighted by Crippen LogP contribution is -2.41. The van der Waals surface area contributed by atoms with Crippen molar-refractivity contribution in [1.82, 2.24) is 5.32 Å². The molecule has 0 bridgehead atoms. The molecule has 1 N–H and O–H groups in total. The standard InChI is InChI=1S/C12H23NO5S/c1-12(2,3)18-11(14)13-7-9-5-6-10(9)8-17-19(4,15)16/h9-10H,5-8H2,1-4H3,(H,13,14)/t9-,10-/m0/s1. The molecule has 0 spiro atoms. The van der Waals surface area contributed by atoms with Gasteiger partial charge in [0, 0.05) is 6.54 Å². The van der Waals surface area contributed by atoms with E-state index < -0.39 is 21.8 Å². The molecule has 112 valence electrons. The minimum absolute atomic E-state index is 0.185. The summed E-state index contributed by atoms with van der Waals surface area (Å²) in [5.41, 5.74) is -0.511. The molecule has 1 fully saturated rings. The number of ether oxygens (including phenoxy) is 1. The molecule has 0 unspecified atom stereocenters. The van der Waals surface area contributed by atoms with Crippen LogP contribution in [-0.4, -0.2) is 39.5 Å². The molecule has 1 amide bonds. The van der Waals surface area contributed by atoms with Crippen molar-refractivity contribution in [2.75, 3.05) is 19.4 Å². The fourth-order valence-corrected chi connectivity index (χ4v) is 2.29. The summed E-state index contributed by atoms with van der Waals surface area (Å²) < 4.78 is 31.7. The average Bonchev–Trinajstić information content (AvgIpc) is 2.11. The number of nitrogens with one attached hydrogen (secondary N) is 1. The molecule has 0 aromatic rings. The number of rotatable bonds is 5. The quantitative estimate of drug-likeness (QED) is 0.777. The third-order valence-corrected chi connectivity index (χ3v) is 3.54. The first-order valence-corrected chi connectivity index (χ1v) is 8.20. The van der Waals surface area contributed by atoms with E-state index in [1.807, 2.05) is 0 Å². The average molecular weight is 293 g/mol. The Kier molecular flexibility index (Phi) is 5.20. The van der Waals surface area contributed by atoms with Gasteiger partial charge in [-0.3, -0.25) is 4.18 Å². The lowest BCUT2D eigenvalue weighted by molar-refractivity contribution is 0.0466. The summed E-state index contributed by atoms with van der Waals surface area (Å²) in [6.45, 7) is 6.10. The highest BCUT2D eigenvalue weighted by atomic mass is 32.2. The molecule has 1 saturated carbocycles. The first-order valence-electron chi connectivity index (χ1n) is 6.38. The van der Waals surface area contributed by atoms with E-state index in [1.165, 1.54) is 0 Å². The second-order valence-electron chi connectivity index (χ2n) is 5.97. The van der Waals surface area contributed by atoms with Crippen LogP contribution in [0.25, 0.3) is 0 Å². The molecule has 2 atom stereocenters. The van der Waals surface area contributed by atoms with E-state index in [2.05, 4.69) is 5.32 Å². The van der Waals surface area contributed by atoms with Crippen molar-refractivity contribution >= 4 is 16.2 Å². The Morgan fingerprint density at radius 2 is 1.84 bits per heavy atom. The van der Waals surface area contributed by atoms with Crippen molar-refractivity contribution in [3.8, 4) is 0 Å². The van der Waals surface area contributed by atoms with E-state index in [0.29, 0.717) is 6.54 Å². The maximum absolute atomic E-state index is 11.5. The minimum atomic E-state index is -3.39. The smallest absolute Gasteiger partial charge is 0.407 e. The molecule has 0 aromatic carbocycles. The summed E-state index contributed by atoms with van der Waals surface area (Å²) in [5, 5.41) is 2.70. The fraction of sp³-hybridized carbons (Fsp3) is 0.917. The molecule has 19 heavy (non-hydrogen) atoms. The Labute approximate surface area is 115 Å². The fourth-order valence-electron chi connectivity index (χ4n) is 1.87. The first-order chi connectivity index (χ1) is 8.57. The van der Waals surface area contributed by atoms with Crippen LogP contribution in [0.3, 0.4) is 0 Å². The molecule has 0 aliphatic heterocycles. The van der Waals surface area contributed by atoms with Crippen LogP contribution in [0.2, 0.25) is 0 Å². The topological polar surface area (TPSA) is 81.7 Å². The van der Waals surface area contributed by atoms with Gasteiger partial charge in [-0.25, -0.2) is 4.79 Å². The second-order valence-corrected chi connectivity index (χ2v) is 7.61. The highest BCUT2D eigenvalue weighted by Crippen LogP contribution is 2.34. The predicted octanol–water partition coefficient (Wildman–Crippen LogP) is 1.51. The zero-order valence-electron chi connectivity index (χ0n) is 11.9. The van der Waals surface area contributed by atoms with Gasteiger partial charge < -0.3 is 10.1 Å². The van der Waals surface area contributed by atoms with Crippen molar-refractivity contribution in [3.63, 3.8) is 0 Å². The third-order valence-electron chi connectivity index (χ3n) is 2.98. The number of alkyl carbamates (subject to hydrolysis) is 1. The van der Waals surface area contributed by atoms with Gasteiger partial charge in [0.15, 0.2) is 0 Å². The van der Waals surface area contributed by atoms with E-state index in [9.17, 15) is 13.2 Å². The van der Waals surface area contributed by atoms with Crippen molar-refractivity contribution in [2.24, 2.45) is 11.8 Å². The second kappa shape index (κ2) is 6.09. The van der Waals surface area contributed by atoms with Crippen molar-refractivity contribution < 1.29 is 22.1 Å². The van der Waals surface area contributed by atoms with Gasteiger partial charge in [-0.15, -0.1) is 0 Å². The van der Waals surface area contributed by atoms with Gasteiger partial charge in [0.2, 0.25) is 0 Å². The van der Waals surface area contributed by atoms with Gasteiger partial charge in [0.1, 0.15) is 5.60 Å². The number of carbonyl (C=O) groups is 1. The summed E-state index contributed by atoms with van der Waals surface area (Å²) in [7, 11) is -3.39. The first kappa shape index (κ1) is 16.2. The summed E-state index contributed by atoms with van der Waals surface area (Å²) in [6, 6.07) is 0. The highest BCUT2D eigenvalue weighted by molar-refractivity contribution is 7.85. The molecule has 7 heteroatoms. The van der Waals surface area contributed by atoms with E-state index in [-0.39, 0.29) is 18.4 Å². The number of hydrogen-bond donors (Lipinski definition) is 1. The molecule has 1 aliphatic carbocycles. The van der Waals surface area contributed by atoms with Crippen LogP contribution in [0.1, 0.15) is 33.6 Å². The Hall–Kier alpha value is -0.820. The highest BCUT2D eigenvalue weighted by Gasteiger charge is 2.32. The summed E-state index contributed by atoms with van der Waals surface area (Å²) in [6.07, 6.45) is 2.49. The number of carbonyl (C=O) groups excluding carboxylic acids is 1. The van der Waals surface area contributed by atoms with Gasteiger partial charge in [-0.2, -0.15) is 8.42 Å². The minimum Gasteiger partial charge on any atom is -0.444 e. The molecule has 0 radical (unpaired) electrons. The maximum Gasteiger partial charge on any atom is 0.407 e. The Balaban J connectivity index is 2.25. The molecule has 0 heterocycles. The van der Waals surface area contributed by atoms with Crippen LogP contribution < -0.4 is 5.32 Å². The lowest BCUT2D eigenvalue weighted by atomic mass is 9.74. The summed E-state index contributed by atoms with van der Waals surface area (Å²) in [5.74, 6) is 0.443. The zero-order chi connectivity index (χ0) is 14.7. The SMILES string of the molecule is CC(C)(C)OC(=O)NC[C@@H]1CC[C@H]1COS(C)(=O)=O. The van der Waals surface area contributed by atoms with Crippen LogP contribution in [0.5, 0.6) is 0 Å². The van der Waals surface area contributed by atoms with Crippen LogP contribution >= 0.6 is 0 Å². The molecule has 1 aliphatic rings. The Morgan fingerprint density at radius 1 is 1.26 bits per heavy atom. The van der Waals surface area contributed by atoms with Crippen molar-refractivity contribution in [2.45, 2.75) is 39.2 Å². The Morgan fingerprint density at radius 3 is 2.26 bits per heavy atom. The predicted molar refractivity (Wildman–Crippen MR) is 71.2 cm³/mol. The van der Waals surface area contributed by atoms with Crippen molar-refractivity contribution in [3.05, 3.63) is 0 Å². The third kappa shape index (κ3) is 6.77. The number of amides is 1. The monoisotopic (exact) mass is 293 g/mol. The van der Waals surface area contributed by atoms with E-state index in [1.54, 1.807) is 20.8 Å². The number of hydrogen-bond acceptors (Lipinski definition) is 5. The van der Waals surface area contributed by atoms with Gasteiger partial charge in [0.05, 0.1) is 12.9 Å². The summed E-state index contributed by atoms with van der Waals surface area (Å²) >= 11 is 0. The van der Waals surface area contributed by atoms with Gasteiger partial charge in [-0.05, 0) is 45.4 Å². The van der Waals surface area contributed by atoms with Crippen LogP contribution in [0.4, 0.5) is 4.79 Å². The van der Waals surface area contributed by atoms with E-state index in [0.717, 1.165) is 19.1 Å². The molecular formula is C12H23NO5S. The zero-order valence-corrected chi connectivity index (χ0v) is 12.7. The van der Waals surface area contributed by atoms with Crippen molar-refractivity contribution in [1.29, 1.82) is 0 Å². The molecule has 0 aromatic heterocycles. The summed E-state index contributed by atoms with van der Waals surface area (Å²) in [4.78, 5) is 11.5. The van der Waals surface area contributed by atoms with E-state index in [4.69, 9.17) is 8.92 Å². The van der Waals surface area contributed by atoms with Gasteiger partial charge in [0.25, 0.3) is 10.1 Å². The maximum atomic E-state index is 11.5.